The van der Waals surface area contributed by atoms with E-state index in [0.717, 1.165) is 41.5 Å². The molecule has 0 spiro atoms. The van der Waals surface area contributed by atoms with Gasteiger partial charge in [0.1, 0.15) is 0 Å². The molecule has 9 nitrogen and oxygen atoms in total. The standard InChI is InChI=1S/C10H25O9P3/c1-8(2,20(11,12)13)7(9(3,4)21(14,15)16)10(5,6)22(17,18)19/h7H,1-6H3,(H2,11,12,13)(H2,14,15,16)(H2,17,18,19). The largest absolute Gasteiger partial charge is 0.331 e. The summed E-state index contributed by atoms with van der Waals surface area (Å²) in [6, 6.07) is 0. The molecular weight excluding hydrogens is 357 g/mol. The van der Waals surface area contributed by atoms with Crippen LogP contribution in [0, 0.1) is 5.92 Å². The van der Waals surface area contributed by atoms with Gasteiger partial charge >= 0.3 is 22.8 Å². The highest BCUT2D eigenvalue weighted by molar-refractivity contribution is 7.56. The fourth-order valence-corrected chi connectivity index (χ4v) is 6.35. The van der Waals surface area contributed by atoms with E-state index in [1.165, 1.54) is 0 Å². The first kappa shape index (κ1) is 22.4. The molecule has 0 saturated heterocycles. The van der Waals surface area contributed by atoms with Gasteiger partial charge in [-0.25, -0.2) is 0 Å². The van der Waals surface area contributed by atoms with E-state index < -0.39 is 44.2 Å². The summed E-state index contributed by atoms with van der Waals surface area (Å²) in [4.78, 5) is 57.5. The highest BCUT2D eigenvalue weighted by Crippen LogP contribution is 2.71. The molecule has 0 aromatic rings. The Morgan fingerprint density at radius 3 is 0.773 bits per heavy atom. The van der Waals surface area contributed by atoms with Crippen LogP contribution in [0.15, 0.2) is 0 Å². The molecule has 0 unspecified atom stereocenters. The topological polar surface area (TPSA) is 173 Å². The van der Waals surface area contributed by atoms with Gasteiger partial charge in [-0.2, -0.15) is 0 Å². The predicted molar refractivity (Wildman–Crippen MR) is 81.9 cm³/mol. The molecule has 0 heterocycles. The Morgan fingerprint density at radius 2 is 0.682 bits per heavy atom. The summed E-state index contributed by atoms with van der Waals surface area (Å²) < 4.78 is 35.5. The van der Waals surface area contributed by atoms with Crippen molar-refractivity contribution in [3.05, 3.63) is 0 Å². The summed E-state index contributed by atoms with van der Waals surface area (Å²) in [5.74, 6) is -1.69. The molecule has 134 valence electrons. The molecule has 0 amide bonds. The van der Waals surface area contributed by atoms with Crippen LogP contribution in [0.3, 0.4) is 0 Å². The maximum absolute atomic E-state index is 11.8. The van der Waals surface area contributed by atoms with Crippen LogP contribution in [0.25, 0.3) is 0 Å². The van der Waals surface area contributed by atoms with Gasteiger partial charge in [-0.15, -0.1) is 0 Å². The van der Waals surface area contributed by atoms with Crippen LogP contribution in [0.1, 0.15) is 41.5 Å². The lowest BCUT2D eigenvalue weighted by Gasteiger charge is -2.51. The monoisotopic (exact) mass is 382 g/mol. The molecular formula is C10H25O9P3. The summed E-state index contributed by atoms with van der Waals surface area (Å²) in [5, 5.41) is -6.24. The second-order valence-corrected chi connectivity index (χ2v) is 13.7. The van der Waals surface area contributed by atoms with Gasteiger partial charge in [0.05, 0.1) is 15.5 Å². The van der Waals surface area contributed by atoms with Gasteiger partial charge in [-0.05, 0) is 41.5 Å². The number of hydrogen-bond acceptors (Lipinski definition) is 3. The van der Waals surface area contributed by atoms with Crippen LogP contribution < -0.4 is 0 Å². The summed E-state index contributed by atoms with van der Waals surface area (Å²) in [5.41, 5.74) is 0. The average molecular weight is 382 g/mol. The maximum atomic E-state index is 11.8. The van der Waals surface area contributed by atoms with E-state index in [4.69, 9.17) is 0 Å². The van der Waals surface area contributed by atoms with Crippen molar-refractivity contribution in [1.29, 1.82) is 0 Å². The van der Waals surface area contributed by atoms with Gasteiger partial charge in [0, 0.05) is 5.92 Å². The lowest BCUT2D eigenvalue weighted by atomic mass is 9.75. The minimum absolute atomic E-state index is 1.05. The fourth-order valence-electron chi connectivity index (χ4n) is 3.10. The van der Waals surface area contributed by atoms with Crippen molar-refractivity contribution < 1.29 is 43.1 Å². The lowest BCUT2D eigenvalue weighted by molar-refractivity contribution is 0.176. The van der Waals surface area contributed by atoms with Gasteiger partial charge in [-0.3, -0.25) is 13.7 Å². The van der Waals surface area contributed by atoms with Gasteiger partial charge in [0.15, 0.2) is 0 Å². The normalized spacial score (nSPS) is 16.2. The second-order valence-electron chi connectivity index (χ2n) is 7.03. The minimum atomic E-state index is -4.94. The third kappa shape index (κ3) is 3.75. The van der Waals surface area contributed by atoms with Gasteiger partial charge in [0.25, 0.3) is 0 Å². The third-order valence-electron chi connectivity index (χ3n) is 4.37. The molecule has 0 bridgehead atoms. The summed E-state index contributed by atoms with van der Waals surface area (Å²) in [6.07, 6.45) is 0. The first-order chi connectivity index (χ1) is 9.12. The number of hydrogen-bond donors (Lipinski definition) is 6. The van der Waals surface area contributed by atoms with Crippen molar-refractivity contribution in [1.82, 2.24) is 0 Å². The molecule has 12 heteroatoms. The molecule has 0 aliphatic heterocycles. The van der Waals surface area contributed by atoms with Crippen molar-refractivity contribution in [3.63, 3.8) is 0 Å². The first-order valence-electron chi connectivity index (χ1n) is 6.28. The Kier molecular flexibility index (Phi) is 5.88. The molecule has 0 aliphatic rings. The molecule has 0 aromatic heterocycles. The first-order valence-corrected chi connectivity index (χ1v) is 11.1. The van der Waals surface area contributed by atoms with Crippen LogP contribution in [-0.4, -0.2) is 44.8 Å². The molecule has 22 heavy (non-hydrogen) atoms. The molecule has 0 rings (SSSR count). The van der Waals surface area contributed by atoms with Crippen molar-refractivity contribution in [2.45, 2.75) is 57.0 Å². The third-order valence-corrected chi connectivity index (χ3v) is 9.65. The lowest BCUT2D eigenvalue weighted by Crippen LogP contribution is -2.55. The minimum Gasteiger partial charge on any atom is -0.324 e. The Balaban J connectivity index is 6.74. The summed E-state index contributed by atoms with van der Waals surface area (Å²) in [7, 11) is -14.8. The Bertz CT molecular complexity index is 481. The Labute approximate surface area is 129 Å². The van der Waals surface area contributed by atoms with E-state index in [1.807, 2.05) is 0 Å². The highest BCUT2D eigenvalue weighted by atomic mass is 31.2. The predicted octanol–water partition coefficient (Wildman–Crippen LogP) is 1.47. The van der Waals surface area contributed by atoms with E-state index in [0.29, 0.717) is 0 Å². The molecule has 0 aromatic carbocycles. The second kappa shape index (κ2) is 5.76. The van der Waals surface area contributed by atoms with Crippen LogP contribution in [0.5, 0.6) is 0 Å². The Morgan fingerprint density at radius 1 is 0.545 bits per heavy atom. The van der Waals surface area contributed by atoms with Gasteiger partial charge < -0.3 is 29.4 Å². The SMILES string of the molecule is CC(C)(C(C(C)(C)P(=O)(O)O)C(C)(C)P(=O)(O)O)P(=O)(O)O. The summed E-state index contributed by atoms with van der Waals surface area (Å²) >= 11 is 0. The van der Waals surface area contributed by atoms with Crippen LogP contribution >= 0.6 is 22.8 Å². The summed E-state index contributed by atoms with van der Waals surface area (Å²) in [6.45, 7) is 6.29. The van der Waals surface area contributed by atoms with Crippen molar-refractivity contribution in [2.24, 2.45) is 5.92 Å². The van der Waals surface area contributed by atoms with E-state index in [-0.39, 0.29) is 0 Å². The smallest absolute Gasteiger partial charge is 0.324 e. The van der Waals surface area contributed by atoms with Gasteiger partial charge in [-0.1, -0.05) is 0 Å². The van der Waals surface area contributed by atoms with E-state index in [2.05, 4.69) is 0 Å². The zero-order valence-corrected chi connectivity index (χ0v) is 16.0. The van der Waals surface area contributed by atoms with Crippen molar-refractivity contribution >= 4 is 22.8 Å². The van der Waals surface area contributed by atoms with E-state index in [9.17, 15) is 43.1 Å². The number of rotatable bonds is 6. The zero-order valence-electron chi connectivity index (χ0n) is 13.3. The quantitative estimate of drug-likeness (QED) is 0.372. The molecule has 0 saturated carbocycles. The van der Waals surface area contributed by atoms with Crippen LogP contribution in [0.2, 0.25) is 0 Å². The van der Waals surface area contributed by atoms with E-state index in [1.54, 1.807) is 0 Å². The molecule has 6 N–H and O–H groups in total. The fraction of sp³-hybridized carbons (Fsp3) is 1.00. The van der Waals surface area contributed by atoms with Crippen molar-refractivity contribution in [2.75, 3.05) is 0 Å². The molecule has 0 fully saturated rings. The zero-order chi connectivity index (χ0) is 18.6. The van der Waals surface area contributed by atoms with Crippen LogP contribution in [0.4, 0.5) is 0 Å². The van der Waals surface area contributed by atoms with Gasteiger partial charge in [0.2, 0.25) is 0 Å². The molecule has 0 atom stereocenters. The average Bonchev–Trinajstić information content (AvgIpc) is 2.09. The maximum Gasteiger partial charge on any atom is 0.331 e. The molecule has 0 radical (unpaired) electrons. The molecule has 0 aliphatic carbocycles. The Hall–Kier alpha value is 0.450. The van der Waals surface area contributed by atoms with E-state index >= 15 is 0 Å². The van der Waals surface area contributed by atoms with Crippen molar-refractivity contribution in [3.8, 4) is 0 Å². The highest BCUT2D eigenvalue weighted by Gasteiger charge is 2.65. The van der Waals surface area contributed by atoms with Crippen LogP contribution in [-0.2, 0) is 13.7 Å².